The molecule has 19 heavy (non-hydrogen) atoms. The standard InChI is InChI=1S/C16H19FN2/c1-3-12-11-18-9-8-15(12)16(19-4-2)13-6-5-7-14(17)10-13/h5-11,16,19H,3-4H2,1-2H3. The first kappa shape index (κ1) is 13.7. The number of nitrogens with one attached hydrogen (secondary N) is 1. The highest BCUT2D eigenvalue weighted by atomic mass is 19.1. The Kier molecular flexibility index (Phi) is 4.63. The van der Waals surface area contributed by atoms with E-state index in [0.29, 0.717) is 0 Å². The number of benzene rings is 1. The van der Waals surface area contributed by atoms with Crippen LogP contribution in [0.3, 0.4) is 0 Å². The van der Waals surface area contributed by atoms with Gasteiger partial charge in [0.05, 0.1) is 6.04 Å². The average Bonchev–Trinajstić information content (AvgIpc) is 2.45. The number of aromatic nitrogens is 1. The van der Waals surface area contributed by atoms with Crippen LogP contribution in [0.5, 0.6) is 0 Å². The fourth-order valence-corrected chi connectivity index (χ4v) is 2.31. The van der Waals surface area contributed by atoms with Crippen LogP contribution in [-0.2, 0) is 6.42 Å². The van der Waals surface area contributed by atoms with E-state index in [1.165, 1.54) is 17.2 Å². The summed E-state index contributed by atoms with van der Waals surface area (Å²) in [6.45, 7) is 4.99. The van der Waals surface area contributed by atoms with Gasteiger partial charge in [-0.15, -0.1) is 0 Å². The molecule has 2 aromatic rings. The van der Waals surface area contributed by atoms with Crippen LogP contribution in [0.4, 0.5) is 4.39 Å². The van der Waals surface area contributed by atoms with E-state index >= 15 is 0 Å². The molecule has 0 radical (unpaired) electrons. The second-order valence-electron chi connectivity index (χ2n) is 4.47. The molecule has 0 fully saturated rings. The maximum Gasteiger partial charge on any atom is 0.123 e. The van der Waals surface area contributed by atoms with Gasteiger partial charge in [-0.3, -0.25) is 4.98 Å². The third kappa shape index (κ3) is 3.18. The number of hydrogen-bond acceptors (Lipinski definition) is 2. The minimum atomic E-state index is -0.201. The molecule has 0 spiro atoms. The van der Waals surface area contributed by atoms with E-state index in [2.05, 4.69) is 24.1 Å². The molecule has 3 heteroatoms. The highest BCUT2D eigenvalue weighted by Crippen LogP contribution is 2.25. The van der Waals surface area contributed by atoms with Crippen molar-refractivity contribution in [2.75, 3.05) is 6.54 Å². The van der Waals surface area contributed by atoms with Crippen molar-refractivity contribution in [3.8, 4) is 0 Å². The lowest BCUT2D eigenvalue weighted by Gasteiger charge is -2.21. The second-order valence-corrected chi connectivity index (χ2v) is 4.47. The fourth-order valence-electron chi connectivity index (χ4n) is 2.31. The molecule has 1 atom stereocenters. The van der Waals surface area contributed by atoms with Crippen LogP contribution in [0.25, 0.3) is 0 Å². The lowest BCUT2D eigenvalue weighted by atomic mass is 9.94. The molecule has 1 aromatic carbocycles. The molecule has 2 rings (SSSR count). The molecule has 0 aliphatic carbocycles. The Morgan fingerprint density at radius 2 is 2.11 bits per heavy atom. The van der Waals surface area contributed by atoms with Gasteiger partial charge in [0.25, 0.3) is 0 Å². The van der Waals surface area contributed by atoms with E-state index < -0.39 is 0 Å². The molecule has 0 aliphatic rings. The summed E-state index contributed by atoms with van der Waals surface area (Å²) in [6, 6.07) is 8.79. The Morgan fingerprint density at radius 1 is 1.26 bits per heavy atom. The molecule has 1 unspecified atom stereocenters. The highest BCUT2D eigenvalue weighted by Gasteiger charge is 2.16. The quantitative estimate of drug-likeness (QED) is 0.888. The SMILES string of the molecule is CCNC(c1cccc(F)c1)c1ccncc1CC. The Hall–Kier alpha value is -1.74. The topological polar surface area (TPSA) is 24.9 Å². The molecular weight excluding hydrogens is 239 g/mol. The number of aryl methyl sites for hydroxylation is 1. The van der Waals surface area contributed by atoms with E-state index in [0.717, 1.165) is 18.5 Å². The predicted octanol–water partition coefficient (Wildman–Crippen LogP) is 3.48. The molecule has 0 bridgehead atoms. The van der Waals surface area contributed by atoms with Crippen molar-refractivity contribution in [1.29, 1.82) is 0 Å². The van der Waals surface area contributed by atoms with Crippen molar-refractivity contribution in [3.63, 3.8) is 0 Å². The maximum absolute atomic E-state index is 13.4. The molecule has 1 heterocycles. The second kappa shape index (κ2) is 6.43. The van der Waals surface area contributed by atoms with Gasteiger partial charge in [0.2, 0.25) is 0 Å². The Labute approximate surface area is 113 Å². The third-order valence-corrected chi connectivity index (χ3v) is 3.22. The molecule has 2 nitrogen and oxygen atoms in total. The zero-order valence-corrected chi connectivity index (χ0v) is 11.4. The number of halogens is 1. The summed E-state index contributed by atoms with van der Waals surface area (Å²) in [5, 5.41) is 3.42. The van der Waals surface area contributed by atoms with Crippen molar-refractivity contribution >= 4 is 0 Å². The average molecular weight is 258 g/mol. The lowest BCUT2D eigenvalue weighted by molar-refractivity contribution is 0.600. The van der Waals surface area contributed by atoms with Crippen molar-refractivity contribution in [3.05, 3.63) is 65.2 Å². The molecule has 0 saturated carbocycles. The van der Waals surface area contributed by atoms with Gasteiger partial charge in [-0.2, -0.15) is 0 Å². The Balaban J connectivity index is 2.45. The third-order valence-electron chi connectivity index (χ3n) is 3.22. The van der Waals surface area contributed by atoms with E-state index in [1.54, 1.807) is 18.3 Å². The van der Waals surface area contributed by atoms with Crippen molar-refractivity contribution in [2.24, 2.45) is 0 Å². The van der Waals surface area contributed by atoms with Crippen LogP contribution in [0.2, 0.25) is 0 Å². The van der Waals surface area contributed by atoms with Crippen LogP contribution in [-0.4, -0.2) is 11.5 Å². The summed E-state index contributed by atoms with van der Waals surface area (Å²) in [4.78, 5) is 4.17. The largest absolute Gasteiger partial charge is 0.307 e. The fraction of sp³-hybridized carbons (Fsp3) is 0.312. The zero-order valence-electron chi connectivity index (χ0n) is 11.4. The number of rotatable bonds is 5. The Morgan fingerprint density at radius 3 is 2.79 bits per heavy atom. The van der Waals surface area contributed by atoms with Crippen LogP contribution in [0, 0.1) is 5.82 Å². The summed E-state index contributed by atoms with van der Waals surface area (Å²) in [5.41, 5.74) is 3.31. The summed E-state index contributed by atoms with van der Waals surface area (Å²) < 4.78 is 13.4. The van der Waals surface area contributed by atoms with E-state index in [-0.39, 0.29) is 11.9 Å². The van der Waals surface area contributed by atoms with E-state index in [9.17, 15) is 4.39 Å². The highest BCUT2D eigenvalue weighted by molar-refractivity contribution is 5.36. The van der Waals surface area contributed by atoms with Crippen molar-refractivity contribution < 1.29 is 4.39 Å². The summed E-state index contributed by atoms with van der Waals surface area (Å²) in [7, 11) is 0. The summed E-state index contributed by atoms with van der Waals surface area (Å²) >= 11 is 0. The van der Waals surface area contributed by atoms with Crippen molar-refractivity contribution in [1.82, 2.24) is 10.3 Å². The van der Waals surface area contributed by atoms with Crippen LogP contribution in [0.1, 0.15) is 36.6 Å². The molecule has 100 valence electrons. The number of pyridine rings is 1. The first-order chi connectivity index (χ1) is 9.26. The number of nitrogens with zero attached hydrogens (tertiary/aromatic N) is 1. The van der Waals surface area contributed by atoms with Crippen LogP contribution in [0.15, 0.2) is 42.7 Å². The Bertz CT molecular complexity index is 540. The van der Waals surface area contributed by atoms with Crippen LogP contribution >= 0.6 is 0 Å². The minimum absolute atomic E-state index is 0.0126. The van der Waals surface area contributed by atoms with Gasteiger partial charge in [-0.05, 0) is 47.9 Å². The van der Waals surface area contributed by atoms with Gasteiger partial charge in [0.15, 0.2) is 0 Å². The van der Waals surface area contributed by atoms with E-state index in [1.807, 2.05) is 18.3 Å². The molecule has 0 aliphatic heterocycles. The van der Waals surface area contributed by atoms with Gasteiger partial charge in [0.1, 0.15) is 5.82 Å². The molecule has 1 aromatic heterocycles. The smallest absolute Gasteiger partial charge is 0.123 e. The lowest BCUT2D eigenvalue weighted by Crippen LogP contribution is -2.23. The maximum atomic E-state index is 13.4. The van der Waals surface area contributed by atoms with Crippen LogP contribution < -0.4 is 5.32 Å². The van der Waals surface area contributed by atoms with Gasteiger partial charge in [-0.1, -0.05) is 26.0 Å². The molecule has 0 amide bonds. The molecular formula is C16H19FN2. The summed E-state index contributed by atoms with van der Waals surface area (Å²) in [5.74, 6) is -0.201. The predicted molar refractivity (Wildman–Crippen MR) is 75.5 cm³/mol. The molecule has 0 saturated heterocycles. The first-order valence-electron chi connectivity index (χ1n) is 6.67. The van der Waals surface area contributed by atoms with Gasteiger partial charge < -0.3 is 5.32 Å². The normalized spacial score (nSPS) is 12.4. The minimum Gasteiger partial charge on any atom is -0.307 e. The van der Waals surface area contributed by atoms with Crippen molar-refractivity contribution in [2.45, 2.75) is 26.3 Å². The van der Waals surface area contributed by atoms with Gasteiger partial charge >= 0.3 is 0 Å². The van der Waals surface area contributed by atoms with Gasteiger partial charge in [0, 0.05) is 12.4 Å². The monoisotopic (exact) mass is 258 g/mol. The first-order valence-corrected chi connectivity index (χ1v) is 6.67. The molecule has 1 N–H and O–H groups in total. The zero-order chi connectivity index (χ0) is 13.7. The van der Waals surface area contributed by atoms with E-state index in [4.69, 9.17) is 0 Å². The summed E-state index contributed by atoms with van der Waals surface area (Å²) in [6.07, 6.45) is 4.59. The van der Waals surface area contributed by atoms with Gasteiger partial charge in [-0.25, -0.2) is 4.39 Å². The number of hydrogen-bond donors (Lipinski definition) is 1.